The van der Waals surface area contributed by atoms with Crippen LogP contribution in [0.4, 0.5) is 5.69 Å². The molecule has 3 nitrogen and oxygen atoms in total. The highest BCUT2D eigenvalue weighted by molar-refractivity contribution is 6.01. The molecule has 0 fully saturated rings. The fourth-order valence-electron chi connectivity index (χ4n) is 2.04. The molecule has 0 aliphatic rings. The van der Waals surface area contributed by atoms with Crippen LogP contribution in [0.1, 0.15) is 21.5 Å². The Morgan fingerprint density at radius 2 is 1.78 bits per heavy atom. The first kappa shape index (κ1) is 12.2. The minimum atomic E-state index is -0.439. The van der Waals surface area contributed by atoms with Crippen molar-refractivity contribution < 1.29 is 4.79 Å². The first-order valence-corrected chi connectivity index (χ1v) is 5.76. The molecule has 0 unspecified atom stereocenters. The summed E-state index contributed by atoms with van der Waals surface area (Å²) in [5.41, 5.74) is 16.4. The van der Waals surface area contributed by atoms with E-state index in [9.17, 15) is 4.79 Å². The average molecular weight is 240 g/mol. The Morgan fingerprint density at radius 1 is 1.06 bits per heavy atom. The van der Waals surface area contributed by atoms with Gasteiger partial charge in [-0.25, -0.2) is 0 Å². The molecule has 4 N–H and O–H groups in total. The van der Waals surface area contributed by atoms with E-state index in [4.69, 9.17) is 11.5 Å². The molecule has 0 atom stereocenters. The Morgan fingerprint density at radius 3 is 2.44 bits per heavy atom. The normalized spacial score (nSPS) is 10.3. The van der Waals surface area contributed by atoms with E-state index >= 15 is 0 Å². The van der Waals surface area contributed by atoms with Gasteiger partial charge >= 0.3 is 0 Å². The first-order chi connectivity index (χ1) is 8.50. The summed E-state index contributed by atoms with van der Waals surface area (Å²) in [6.45, 7) is 4.06. The lowest BCUT2D eigenvalue weighted by Gasteiger charge is -2.12. The van der Waals surface area contributed by atoms with Crippen LogP contribution in [0.15, 0.2) is 36.4 Å². The molecule has 0 radical (unpaired) electrons. The van der Waals surface area contributed by atoms with E-state index in [2.05, 4.69) is 0 Å². The van der Waals surface area contributed by atoms with E-state index in [0.717, 1.165) is 16.7 Å². The van der Waals surface area contributed by atoms with Crippen molar-refractivity contribution in [3.05, 3.63) is 53.1 Å². The molecule has 0 spiro atoms. The summed E-state index contributed by atoms with van der Waals surface area (Å²) >= 11 is 0. The molecule has 18 heavy (non-hydrogen) atoms. The maximum absolute atomic E-state index is 11.5. The van der Waals surface area contributed by atoms with Crippen LogP contribution in [0.5, 0.6) is 0 Å². The molecule has 0 saturated carbocycles. The summed E-state index contributed by atoms with van der Waals surface area (Å²) in [5, 5.41) is 0. The number of amides is 1. The fourth-order valence-corrected chi connectivity index (χ4v) is 2.04. The third-order valence-corrected chi connectivity index (χ3v) is 3.20. The van der Waals surface area contributed by atoms with Crippen molar-refractivity contribution in [2.75, 3.05) is 5.73 Å². The van der Waals surface area contributed by atoms with Crippen LogP contribution in [0.3, 0.4) is 0 Å². The van der Waals surface area contributed by atoms with E-state index in [1.807, 2.05) is 32.0 Å². The SMILES string of the molecule is Cc1cccc(-c2cc(N)ccc2C(N)=O)c1C. The Kier molecular flexibility index (Phi) is 3.06. The van der Waals surface area contributed by atoms with Crippen LogP contribution >= 0.6 is 0 Å². The van der Waals surface area contributed by atoms with Crippen LogP contribution < -0.4 is 11.5 Å². The van der Waals surface area contributed by atoms with Gasteiger partial charge in [0.25, 0.3) is 0 Å². The van der Waals surface area contributed by atoms with Gasteiger partial charge in [0.15, 0.2) is 0 Å². The second-order valence-corrected chi connectivity index (χ2v) is 4.42. The highest BCUT2D eigenvalue weighted by atomic mass is 16.1. The third kappa shape index (κ3) is 2.07. The van der Waals surface area contributed by atoms with Crippen LogP contribution in [-0.4, -0.2) is 5.91 Å². The van der Waals surface area contributed by atoms with E-state index in [0.29, 0.717) is 11.3 Å². The van der Waals surface area contributed by atoms with Crippen molar-refractivity contribution in [3.63, 3.8) is 0 Å². The lowest BCUT2D eigenvalue weighted by atomic mass is 9.93. The number of hydrogen-bond donors (Lipinski definition) is 2. The summed E-state index contributed by atoms with van der Waals surface area (Å²) in [5.74, 6) is -0.439. The number of hydrogen-bond acceptors (Lipinski definition) is 2. The largest absolute Gasteiger partial charge is 0.399 e. The zero-order valence-corrected chi connectivity index (χ0v) is 10.5. The molecule has 1 amide bonds. The molecule has 0 aliphatic heterocycles. The summed E-state index contributed by atoms with van der Waals surface area (Å²) in [7, 11) is 0. The highest BCUT2D eigenvalue weighted by Gasteiger charge is 2.12. The molecule has 92 valence electrons. The first-order valence-electron chi connectivity index (χ1n) is 5.76. The number of nitrogen functional groups attached to an aromatic ring is 1. The zero-order valence-electron chi connectivity index (χ0n) is 10.5. The van der Waals surface area contributed by atoms with E-state index in [1.165, 1.54) is 5.56 Å². The predicted molar refractivity (Wildman–Crippen MR) is 74.3 cm³/mol. The van der Waals surface area contributed by atoms with Crippen LogP contribution in [0.2, 0.25) is 0 Å². The van der Waals surface area contributed by atoms with Gasteiger partial charge in [-0.05, 0) is 54.3 Å². The third-order valence-electron chi connectivity index (χ3n) is 3.20. The Labute approximate surface area is 106 Å². The Balaban J connectivity index is 2.73. The number of primary amides is 1. The molecule has 0 saturated heterocycles. The van der Waals surface area contributed by atoms with Gasteiger partial charge in [0.05, 0.1) is 0 Å². The standard InChI is InChI=1S/C15H16N2O/c1-9-4-3-5-12(10(9)2)14-8-11(16)6-7-13(14)15(17)18/h3-8H,16H2,1-2H3,(H2,17,18). The quantitative estimate of drug-likeness (QED) is 0.792. The second-order valence-electron chi connectivity index (χ2n) is 4.42. The van der Waals surface area contributed by atoms with Crippen LogP contribution in [-0.2, 0) is 0 Å². The number of benzene rings is 2. The fraction of sp³-hybridized carbons (Fsp3) is 0.133. The van der Waals surface area contributed by atoms with Gasteiger partial charge in [-0.1, -0.05) is 18.2 Å². The van der Waals surface area contributed by atoms with E-state index < -0.39 is 5.91 Å². The van der Waals surface area contributed by atoms with Gasteiger partial charge in [0.2, 0.25) is 5.91 Å². The van der Waals surface area contributed by atoms with Gasteiger partial charge in [0, 0.05) is 11.3 Å². The number of aryl methyl sites for hydroxylation is 1. The molecule has 2 aromatic carbocycles. The molecule has 0 aliphatic carbocycles. The lowest BCUT2D eigenvalue weighted by Crippen LogP contribution is -2.12. The Bertz CT molecular complexity index is 618. The number of nitrogens with two attached hydrogens (primary N) is 2. The van der Waals surface area contributed by atoms with Crippen molar-refractivity contribution in [2.24, 2.45) is 5.73 Å². The topological polar surface area (TPSA) is 69.1 Å². The molecular formula is C15H16N2O. The van der Waals surface area contributed by atoms with Crippen molar-refractivity contribution >= 4 is 11.6 Å². The average Bonchev–Trinajstić information content (AvgIpc) is 2.32. The summed E-state index contributed by atoms with van der Waals surface area (Å²) in [6, 6.07) is 11.1. The Hall–Kier alpha value is -2.29. The van der Waals surface area contributed by atoms with E-state index in [-0.39, 0.29) is 0 Å². The minimum absolute atomic E-state index is 0.439. The van der Waals surface area contributed by atoms with Crippen molar-refractivity contribution in [1.82, 2.24) is 0 Å². The zero-order chi connectivity index (χ0) is 13.3. The maximum atomic E-state index is 11.5. The molecule has 0 bridgehead atoms. The molecule has 0 aromatic heterocycles. The van der Waals surface area contributed by atoms with Crippen LogP contribution in [0.25, 0.3) is 11.1 Å². The highest BCUT2D eigenvalue weighted by Crippen LogP contribution is 2.30. The van der Waals surface area contributed by atoms with Crippen molar-refractivity contribution in [3.8, 4) is 11.1 Å². The lowest BCUT2D eigenvalue weighted by molar-refractivity contribution is 0.100. The predicted octanol–water partition coefficient (Wildman–Crippen LogP) is 2.65. The number of anilines is 1. The second kappa shape index (κ2) is 4.53. The number of carbonyl (C=O) groups is 1. The van der Waals surface area contributed by atoms with E-state index in [1.54, 1.807) is 18.2 Å². The summed E-state index contributed by atoms with van der Waals surface area (Å²) in [6.07, 6.45) is 0. The van der Waals surface area contributed by atoms with Gasteiger partial charge in [0.1, 0.15) is 0 Å². The van der Waals surface area contributed by atoms with Gasteiger partial charge < -0.3 is 11.5 Å². The number of carbonyl (C=O) groups excluding carboxylic acids is 1. The molecule has 2 aromatic rings. The van der Waals surface area contributed by atoms with Gasteiger partial charge in [-0.15, -0.1) is 0 Å². The molecule has 0 heterocycles. The monoisotopic (exact) mass is 240 g/mol. The summed E-state index contributed by atoms with van der Waals surface area (Å²) < 4.78 is 0. The molecular weight excluding hydrogens is 224 g/mol. The molecule has 3 heteroatoms. The smallest absolute Gasteiger partial charge is 0.249 e. The number of rotatable bonds is 2. The van der Waals surface area contributed by atoms with Crippen LogP contribution in [0, 0.1) is 13.8 Å². The molecule has 2 rings (SSSR count). The maximum Gasteiger partial charge on any atom is 0.249 e. The minimum Gasteiger partial charge on any atom is -0.399 e. The summed E-state index contributed by atoms with van der Waals surface area (Å²) in [4.78, 5) is 11.5. The van der Waals surface area contributed by atoms with Crippen molar-refractivity contribution in [1.29, 1.82) is 0 Å². The van der Waals surface area contributed by atoms with Crippen molar-refractivity contribution in [2.45, 2.75) is 13.8 Å². The van der Waals surface area contributed by atoms with Gasteiger partial charge in [-0.3, -0.25) is 4.79 Å². The van der Waals surface area contributed by atoms with Gasteiger partial charge in [-0.2, -0.15) is 0 Å².